The summed E-state index contributed by atoms with van der Waals surface area (Å²) in [6, 6.07) is 8.45. The first-order valence-corrected chi connectivity index (χ1v) is 4.62. The summed E-state index contributed by atoms with van der Waals surface area (Å²) in [5, 5.41) is 0. The Balaban J connectivity index is 2.55. The second-order valence-corrected chi connectivity index (χ2v) is 3.96. The van der Waals surface area contributed by atoms with Crippen LogP contribution in [0.15, 0.2) is 30.8 Å². The van der Waals surface area contributed by atoms with Crippen molar-refractivity contribution in [1.29, 1.82) is 0 Å². The van der Waals surface area contributed by atoms with Crippen molar-refractivity contribution in [2.24, 2.45) is 0 Å². The molecule has 1 aliphatic carbocycles. The number of hydrogen-bond acceptors (Lipinski definition) is 0. The molecule has 0 heterocycles. The van der Waals surface area contributed by atoms with Gasteiger partial charge in [-0.05, 0) is 23.1 Å². The minimum Gasteiger partial charge on any atom is -0.0941 e. The molecule has 1 atom stereocenters. The predicted molar refractivity (Wildman–Crippen MR) is 51.9 cm³/mol. The molecule has 0 saturated carbocycles. The van der Waals surface area contributed by atoms with E-state index in [-0.39, 0.29) is 0 Å². The van der Waals surface area contributed by atoms with Crippen LogP contribution in [-0.4, -0.2) is 4.83 Å². The lowest BCUT2D eigenvalue weighted by Gasteiger charge is -1.98. The van der Waals surface area contributed by atoms with Gasteiger partial charge >= 0.3 is 0 Å². The molecule has 0 bridgehead atoms. The molecule has 0 nitrogen and oxygen atoms in total. The number of fused-ring (bicyclic) bond motifs is 1. The first kappa shape index (κ1) is 7.11. The molecule has 0 N–H and O–H groups in total. The quantitative estimate of drug-likeness (QED) is 0.576. The van der Waals surface area contributed by atoms with Crippen LogP contribution >= 0.6 is 15.9 Å². The molecule has 1 aliphatic rings. The fraction of sp³-hybridized carbons (Fsp3) is 0.200. The summed E-state index contributed by atoms with van der Waals surface area (Å²) in [5.41, 5.74) is 3.97. The maximum atomic E-state index is 4.03. The maximum absolute atomic E-state index is 4.03. The van der Waals surface area contributed by atoms with Gasteiger partial charge in [-0.25, -0.2) is 0 Å². The largest absolute Gasteiger partial charge is 0.0941 e. The zero-order valence-corrected chi connectivity index (χ0v) is 7.76. The third-order valence-corrected chi connectivity index (χ3v) is 3.02. The Morgan fingerprint density at radius 1 is 1.36 bits per heavy atom. The summed E-state index contributed by atoms with van der Waals surface area (Å²) in [5.74, 6) is 0. The van der Waals surface area contributed by atoms with Crippen molar-refractivity contribution >= 4 is 21.5 Å². The zero-order chi connectivity index (χ0) is 7.84. The van der Waals surface area contributed by atoms with E-state index >= 15 is 0 Å². The minimum absolute atomic E-state index is 0.458. The van der Waals surface area contributed by atoms with Gasteiger partial charge in [0.25, 0.3) is 0 Å². The molecular formula is C10H9Br. The van der Waals surface area contributed by atoms with Gasteiger partial charge in [-0.15, -0.1) is 0 Å². The third-order valence-electron chi connectivity index (χ3n) is 2.14. The van der Waals surface area contributed by atoms with Crippen LogP contribution in [0.3, 0.4) is 0 Å². The molecule has 11 heavy (non-hydrogen) atoms. The first-order chi connectivity index (χ1) is 5.29. The molecule has 0 radical (unpaired) electrons. The lowest BCUT2D eigenvalue weighted by atomic mass is 10.1. The van der Waals surface area contributed by atoms with Gasteiger partial charge in [-0.2, -0.15) is 0 Å². The second-order valence-electron chi connectivity index (χ2n) is 2.85. The Labute approximate surface area is 75.1 Å². The average molecular weight is 209 g/mol. The predicted octanol–water partition coefficient (Wildman–Crippen LogP) is 3.02. The Morgan fingerprint density at radius 3 is 2.82 bits per heavy atom. The maximum Gasteiger partial charge on any atom is 0.0436 e. The van der Waals surface area contributed by atoms with Crippen molar-refractivity contribution in [2.75, 3.05) is 0 Å². The molecule has 0 spiro atoms. The summed E-state index contributed by atoms with van der Waals surface area (Å²) in [7, 11) is 0. The monoisotopic (exact) mass is 208 g/mol. The molecule has 1 heteroatoms. The summed E-state index contributed by atoms with van der Waals surface area (Å²) in [6.07, 6.45) is 1.09. The zero-order valence-electron chi connectivity index (χ0n) is 6.18. The molecule has 1 aromatic carbocycles. The Kier molecular flexibility index (Phi) is 1.61. The summed E-state index contributed by atoms with van der Waals surface area (Å²) in [4.78, 5) is 0.458. The van der Waals surface area contributed by atoms with Crippen molar-refractivity contribution in [3.63, 3.8) is 0 Å². The molecule has 0 aliphatic heterocycles. The number of rotatable bonds is 0. The topological polar surface area (TPSA) is 0 Å². The Morgan fingerprint density at radius 2 is 2.09 bits per heavy atom. The van der Waals surface area contributed by atoms with Crippen LogP contribution in [0.1, 0.15) is 11.1 Å². The van der Waals surface area contributed by atoms with Crippen LogP contribution in [0.5, 0.6) is 0 Å². The molecular weight excluding hydrogens is 200 g/mol. The van der Waals surface area contributed by atoms with E-state index in [1.807, 2.05) is 0 Å². The molecule has 2 rings (SSSR count). The summed E-state index contributed by atoms with van der Waals surface area (Å²) < 4.78 is 0. The Hall–Kier alpha value is -0.560. The van der Waals surface area contributed by atoms with Crippen molar-refractivity contribution in [3.8, 4) is 0 Å². The normalized spacial score (nSPS) is 21.9. The van der Waals surface area contributed by atoms with Crippen molar-refractivity contribution in [3.05, 3.63) is 42.0 Å². The van der Waals surface area contributed by atoms with Crippen molar-refractivity contribution < 1.29 is 0 Å². The SMILES string of the molecule is C=C1c2ccccc2CC1Br. The molecule has 1 aromatic rings. The van der Waals surface area contributed by atoms with Gasteiger partial charge in [0.1, 0.15) is 0 Å². The van der Waals surface area contributed by atoms with Gasteiger partial charge in [0.05, 0.1) is 0 Å². The van der Waals surface area contributed by atoms with Gasteiger partial charge < -0.3 is 0 Å². The van der Waals surface area contributed by atoms with Gasteiger partial charge in [-0.3, -0.25) is 0 Å². The molecule has 0 fully saturated rings. The van der Waals surface area contributed by atoms with Crippen LogP contribution in [0.4, 0.5) is 0 Å². The van der Waals surface area contributed by atoms with E-state index in [4.69, 9.17) is 0 Å². The van der Waals surface area contributed by atoms with E-state index in [2.05, 4.69) is 46.8 Å². The van der Waals surface area contributed by atoms with E-state index in [1.54, 1.807) is 0 Å². The van der Waals surface area contributed by atoms with Crippen molar-refractivity contribution in [2.45, 2.75) is 11.2 Å². The minimum atomic E-state index is 0.458. The second kappa shape index (κ2) is 2.49. The Bertz CT molecular complexity index is 301. The highest BCUT2D eigenvalue weighted by Gasteiger charge is 2.21. The van der Waals surface area contributed by atoms with Crippen LogP contribution in [0.25, 0.3) is 5.57 Å². The van der Waals surface area contributed by atoms with E-state index in [9.17, 15) is 0 Å². The summed E-state index contributed by atoms with van der Waals surface area (Å²) in [6.45, 7) is 4.03. The van der Waals surface area contributed by atoms with Gasteiger partial charge in [0, 0.05) is 4.83 Å². The van der Waals surface area contributed by atoms with E-state index in [0.717, 1.165) is 6.42 Å². The van der Waals surface area contributed by atoms with E-state index < -0.39 is 0 Å². The molecule has 56 valence electrons. The first-order valence-electron chi connectivity index (χ1n) is 3.70. The molecule has 0 aromatic heterocycles. The number of hydrogen-bond donors (Lipinski definition) is 0. The van der Waals surface area contributed by atoms with Crippen molar-refractivity contribution in [1.82, 2.24) is 0 Å². The lowest BCUT2D eigenvalue weighted by molar-refractivity contribution is 1.12. The smallest absolute Gasteiger partial charge is 0.0436 e. The standard InChI is InChI=1S/C10H9Br/c1-7-9-5-3-2-4-8(9)6-10(7)11/h2-5,10H,1,6H2. The number of alkyl halides is 1. The van der Waals surface area contributed by atoms with E-state index in [1.165, 1.54) is 16.7 Å². The molecule has 1 unspecified atom stereocenters. The van der Waals surface area contributed by atoms with Crippen LogP contribution in [0.2, 0.25) is 0 Å². The third kappa shape index (κ3) is 1.04. The summed E-state index contributed by atoms with van der Waals surface area (Å²) >= 11 is 3.58. The highest BCUT2D eigenvalue weighted by Crippen LogP contribution is 2.34. The van der Waals surface area contributed by atoms with E-state index in [0.29, 0.717) is 4.83 Å². The van der Waals surface area contributed by atoms with Gasteiger partial charge in [-0.1, -0.05) is 46.8 Å². The number of benzene rings is 1. The number of halogens is 1. The van der Waals surface area contributed by atoms with Crippen LogP contribution < -0.4 is 0 Å². The van der Waals surface area contributed by atoms with Gasteiger partial charge in [0.15, 0.2) is 0 Å². The number of allylic oxidation sites excluding steroid dienone is 1. The fourth-order valence-electron chi connectivity index (χ4n) is 1.50. The van der Waals surface area contributed by atoms with Crippen LogP contribution in [0, 0.1) is 0 Å². The fourth-order valence-corrected chi connectivity index (χ4v) is 2.09. The average Bonchev–Trinajstić information content (AvgIpc) is 2.30. The highest BCUT2D eigenvalue weighted by atomic mass is 79.9. The van der Waals surface area contributed by atoms with Crippen LogP contribution in [-0.2, 0) is 6.42 Å². The molecule has 0 saturated heterocycles. The molecule has 0 amide bonds. The highest BCUT2D eigenvalue weighted by molar-refractivity contribution is 9.09. The van der Waals surface area contributed by atoms with Gasteiger partial charge in [0.2, 0.25) is 0 Å². The lowest BCUT2D eigenvalue weighted by Crippen LogP contribution is -1.91.